The van der Waals surface area contributed by atoms with Crippen LogP contribution in [0.1, 0.15) is 31.2 Å². The van der Waals surface area contributed by atoms with Gasteiger partial charge in [0.05, 0.1) is 0 Å². The highest BCUT2D eigenvalue weighted by atomic mass is 79.9. The second kappa shape index (κ2) is 5.72. The third kappa shape index (κ3) is 2.95. The van der Waals surface area contributed by atoms with Crippen LogP contribution in [-0.4, -0.2) is 30.1 Å². The molecule has 3 rings (SSSR count). The molecule has 2 fully saturated rings. The predicted molar refractivity (Wildman–Crippen MR) is 78.6 cm³/mol. The molecule has 2 aliphatic heterocycles. The Bertz CT molecular complexity index is 407. The zero-order chi connectivity index (χ0) is 12.4. The summed E-state index contributed by atoms with van der Waals surface area (Å²) in [5.74, 6) is 0. The third-order valence-corrected chi connectivity index (χ3v) is 4.80. The van der Waals surface area contributed by atoms with Crippen molar-refractivity contribution in [2.24, 2.45) is 0 Å². The van der Waals surface area contributed by atoms with Crippen LogP contribution in [0.4, 0.5) is 0 Å². The molecule has 2 atom stereocenters. The summed E-state index contributed by atoms with van der Waals surface area (Å²) < 4.78 is 1.17. The van der Waals surface area contributed by atoms with E-state index in [2.05, 4.69) is 50.4 Å². The lowest BCUT2D eigenvalue weighted by molar-refractivity contribution is 0.166. The van der Waals surface area contributed by atoms with Gasteiger partial charge in [0.25, 0.3) is 0 Å². The number of nitrogens with one attached hydrogen (secondary N) is 1. The number of piperidine rings is 1. The van der Waals surface area contributed by atoms with E-state index in [9.17, 15) is 0 Å². The molecule has 0 bridgehead atoms. The number of hydrogen-bond acceptors (Lipinski definition) is 2. The largest absolute Gasteiger partial charge is 0.310 e. The Hall–Kier alpha value is -0.380. The SMILES string of the molecule is Brc1cccc(CNC2CCN3CCCC3C2)c1. The number of rotatable bonds is 3. The van der Waals surface area contributed by atoms with E-state index < -0.39 is 0 Å². The van der Waals surface area contributed by atoms with Crippen molar-refractivity contribution in [3.8, 4) is 0 Å². The van der Waals surface area contributed by atoms with Gasteiger partial charge in [-0.2, -0.15) is 0 Å². The molecule has 0 amide bonds. The van der Waals surface area contributed by atoms with Gasteiger partial charge < -0.3 is 10.2 Å². The van der Waals surface area contributed by atoms with Gasteiger partial charge >= 0.3 is 0 Å². The molecule has 18 heavy (non-hydrogen) atoms. The zero-order valence-electron chi connectivity index (χ0n) is 10.7. The molecule has 2 saturated heterocycles. The maximum Gasteiger partial charge on any atom is 0.0208 e. The molecule has 98 valence electrons. The predicted octanol–water partition coefficient (Wildman–Crippen LogP) is 3.17. The summed E-state index contributed by atoms with van der Waals surface area (Å²) >= 11 is 3.53. The third-order valence-electron chi connectivity index (χ3n) is 4.30. The van der Waals surface area contributed by atoms with E-state index >= 15 is 0 Å². The highest BCUT2D eigenvalue weighted by Crippen LogP contribution is 2.27. The van der Waals surface area contributed by atoms with E-state index in [1.807, 2.05) is 0 Å². The molecule has 2 unspecified atom stereocenters. The van der Waals surface area contributed by atoms with E-state index in [0.29, 0.717) is 6.04 Å². The van der Waals surface area contributed by atoms with Crippen LogP contribution in [-0.2, 0) is 6.54 Å². The Morgan fingerprint density at radius 1 is 1.28 bits per heavy atom. The molecule has 2 heterocycles. The summed E-state index contributed by atoms with van der Waals surface area (Å²) in [6, 6.07) is 10.2. The first-order chi connectivity index (χ1) is 8.81. The van der Waals surface area contributed by atoms with Crippen molar-refractivity contribution in [2.75, 3.05) is 13.1 Å². The van der Waals surface area contributed by atoms with Crippen LogP contribution in [0, 0.1) is 0 Å². The first-order valence-corrected chi connectivity index (χ1v) is 7.82. The highest BCUT2D eigenvalue weighted by Gasteiger charge is 2.31. The van der Waals surface area contributed by atoms with Gasteiger partial charge in [-0.05, 0) is 56.5 Å². The molecule has 0 aromatic heterocycles. The first-order valence-electron chi connectivity index (χ1n) is 7.03. The van der Waals surface area contributed by atoms with Crippen molar-refractivity contribution in [1.29, 1.82) is 0 Å². The molecule has 0 aliphatic carbocycles. The summed E-state index contributed by atoms with van der Waals surface area (Å²) in [5, 5.41) is 3.73. The molecule has 2 aliphatic rings. The Morgan fingerprint density at radius 2 is 2.22 bits per heavy atom. The fourth-order valence-corrected chi connectivity index (χ4v) is 3.77. The first kappa shape index (κ1) is 12.6. The summed E-state index contributed by atoms with van der Waals surface area (Å²) in [5.41, 5.74) is 1.37. The Labute approximate surface area is 118 Å². The fraction of sp³-hybridized carbons (Fsp3) is 0.600. The average molecular weight is 309 g/mol. The van der Waals surface area contributed by atoms with E-state index in [4.69, 9.17) is 0 Å². The molecule has 0 saturated carbocycles. The second-order valence-electron chi connectivity index (χ2n) is 5.56. The van der Waals surface area contributed by atoms with Crippen molar-refractivity contribution in [1.82, 2.24) is 10.2 Å². The molecule has 3 heteroatoms. The zero-order valence-corrected chi connectivity index (χ0v) is 12.3. The van der Waals surface area contributed by atoms with Crippen LogP contribution in [0.15, 0.2) is 28.7 Å². The monoisotopic (exact) mass is 308 g/mol. The standard InChI is InChI=1S/C15H21BrN2/c16-13-4-1-3-12(9-13)11-17-14-6-8-18-7-2-5-15(18)10-14/h1,3-4,9,14-15,17H,2,5-8,10-11H2. The molecule has 2 nitrogen and oxygen atoms in total. The smallest absolute Gasteiger partial charge is 0.0208 e. The average Bonchev–Trinajstić information content (AvgIpc) is 2.84. The molecule has 1 N–H and O–H groups in total. The summed E-state index contributed by atoms with van der Waals surface area (Å²) in [7, 11) is 0. The van der Waals surface area contributed by atoms with Crippen LogP contribution in [0.3, 0.4) is 0 Å². The number of hydrogen-bond donors (Lipinski definition) is 1. The lowest BCUT2D eigenvalue weighted by Crippen LogP contribution is -2.45. The summed E-state index contributed by atoms with van der Waals surface area (Å²) in [6.07, 6.45) is 5.47. The molecular formula is C15H21BrN2. The van der Waals surface area contributed by atoms with Gasteiger partial charge in [-0.3, -0.25) is 0 Å². The number of benzene rings is 1. The number of nitrogens with zero attached hydrogens (tertiary/aromatic N) is 1. The van der Waals surface area contributed by atoms with Crippen molar-refractivity contribution in [3.05, 3.63) is 34.3 Å². The number of fused-ring (bicyclic) bond motifs is 1. The van der Waals surface area contributed by atoms with Crippen molar-refractivity contribution in [2.45, 2.75) is 44.3 Å². The van der Waals surface area contributed by atoms with Gasteiger partial charge in [0, 0.05) is 23.1 Å². The minimum Gasteiger partial charge on any atom is -0.310 e. The minimum absolute atomic E-state index is 0.711. The van der Waals surface area contributed by atoms with E-state index in [-0.39, 0.29) is 0 Å². The van der Waals surface area contributed by atoms with Crippen molar-refractivity contribution < 1.29 is 0 Å². The molecule has 0 spiro atoms. The molecule has 0 radical (unpaired) electrons. The van der Waals surface area contributed by atoms with Crippen LogP contribution in [0.2, 0.25) is 0 Å². The summed E-state index contributed by atoms with van der Waals surface area (Å²) in [6.45, 7) is 3.63. The summed E-state index contributed by atoms with van der Waals surface area (Å²) in [4.78, 5) is 2.68. The van der Waals surface area contributed by atoms with E-state index in [1.54, 1.807) is 0 Å². The maximum atomic E-state index is 3.73. The Balaban J connectivity index is 1.51. The van der Waals surface area contributed by atoms with Crippen LogP contribution in [0.25, 0.3) is 0 Å². The lowest BCUT2D eigenvalue weighted by Gasteiger charge is -2.35. The fourth-order valence-electron chi connectivity index (χ4n) is 3.32. The molecular weight excluding hydrogens is 288 g/mol. The van der Waals surface area contributed by atoms with Crippen LogP contribution in [0.5, 0.6) is 0 Å². The van der Waals surface area contributed by atoms with E-state index in [1.165, 1.54) is 48.8 Å². The van der Waals surface area contributed by atoms with E-state index in [0.717, 1.165) is 12.6 Å². The quantitative estimate of drug-likeness (QED) is 0.922. The van der Waals surface area contributed by atoms with Gasteiger partial charge in [-0.25, -0.2) is 0 Å². The van der Waals surface area contributed by atoms with Crippen molar-refractivity contribution in [3.63, 3.8) is 0 Å². The van der Waals surface area contributed by atoms with Crippen molar-refractivity contribution >= 4 is 15.9 Å². The molecule has 1 aromatic rings. The normalized spacial score (nSPS) is 28.3. The van der Waals surface area contributed by atoms with Crippen LogP contribution >= 0.6 is 15.9 Å². The van der Waals surface area contributed by atoms with Gasteiger partial charge in [0.15, 0.2) is 0 Å². The Kier molecular flexibility index (Phi) is 4.02. The Morgan fingerprint density at radius 3 is 3.11 bits per heavy atom. The minimum atomic E-state index is 0.711. The lowest BCUT2D eigenvalue weighted by atomic mass is 9.97. The van der Waals surface area contributed by atoms with Crippen LogP contribution < -0.4 is 5.32 Å². The van der Waals surface area contributed by atoms with Gasteiger partial charge in [0.1, 0.15) is 0 Å². The highest BCUT2D eigenvalue weighted by molar-refractivity contribution is 9.10. The van der Waals surface area contributed by atoms with Gasteiger partial charge in [-0.15, -0.1) is 0 Å². The number of halogens is 1. The maximum absolute atomic E-state index is 3.73. The van der Waals surface area contributed by atoms with Gasteiger partial charge in [-0.1, -0.05) is 28.1 Å². The second-order valence-corrected chi connectivity index (χ2v) is 6.48. The molecule has 1 aromatic carbocycles. The topological polar surface area (TPSA) is 15.3 Å². The van der Waals surface area contributed by atoms with Gasteiger partial charge in [0.2, 0.25) is 0 Å².